The quantitative estimate of drug-likeness (QED) is 0.614. The molecule has 3 heteroatoms. The Balaban J connectivity index is 2.88. The Morgan fingerprint density at radius 3 is 2.77 bits per heavy atom. The molecule has 13 heavy (non-hydrogen) atoms. The summed E-state index contributed by atoms with van der Waals surface area (Å²) < 4.78 is 0. The second-order valence-electron chi connectivity index (χ2n) is 2.99. The maximum atomic E-state index is 5.93. The van der Waals surface area contributed by atoms with Gasteiger partial charge in [-0.1, -0.05) is 18.5 Å². The fourth-order valence-corrected chi connectivity index (χ4v) is 2.19. The number of halogens is 1. The van der Waals surface area contributed by atoms with Gasteiger partial charge in [-0.05, 0) is 36.8 Å². The van der Waals surface area contributed by atoms with Crippen LogP contribution in [-0.4, -0.2) is 5.75 Å². The number of thioether (sulfide) groups is 1. The lowest BCUT2D eigenvalue weighted by atomic mass is 10.2. The number of anilines is 1. The van der Waals surface area contributed by atoms with Crippen LogP contribution in [0.1, 0.15) is 18.9 Å². The van der Waals surface area contributed by atoms with Gasteiger partial charge >= 0.3 is 0 Å². The Hall–Kier alpha value is -0.340. The molecule has 0 atom stereocenters. The third kappa shape index (κ3) is 2.82. The minimum absolute atomic E-state index is 0.657. The Morgan fingerprint density at radius 2 is 2.15 bits per heavy atom. The van der Waals surface area contributed by atoms with Crippen LogP contribution in [-0.2, 0) is 0 Å². The van der Waals surface area contributed by atoms with E-state index in [1.54, 1.807) is 0 Å². The minimum Gasteiger partial charge on any atom is -0.398 e. The highest BCUT2D eigenvalue weighted by molar-refractivity contribution is 7.99. The van der Waals surface area contributed by atoms with Gasteiger partial charge in [0.1, 0.15) is 0 Å². The summed E-state index contributed by atoms with van der Waals surface area (Å²) in [5.41, 5.74) is 7.55. The third-order valence-electron chi connectivity index (χ3n) is 1.76. The molecule has 0 radical (unpaired) electrons. The van der Waals surface area contributed by atoms with Crippen molar-refractivity contribution in [3.8, 4) is 0 Å². The van der Waals surface area contributed by atoms with Crippen molar-refractivity contribution >= 4 is 29.1 Å². The van der Waals surface area contributed by atoms with Gasteiger partial charge in [0, 0.05) is 4.90 Å². The monoisotopic (exact) mass is 215 g/mol. The molecule has 1 aromatic rings. The van der Waals surface area contributed by atoms with E-state index in [1.165, 1.54) is 16.9 Å². The SMILES string of the molecule is CCCSc1cc(Cl)c(N)cc1C. The fraction of sp³-hybridized carbons (Fsp3) is 0.400. The van der Waals surface area contributed by atoms with Gasteiger partial charge in [0.25, 0.3) is 0 Å². The second kappa shape index (κ2) is 4.77. The molecule has 1 aromatic carbocycles. The Labute approximate surface area is 88.7 Å². The summed E-state index contributed by atoms with van der Waals surface area (Å²) in [7, 11) is 0. The molecule has 0 aliphatic carbocycles. The first kappa shape index (κ1) is 10.7. The van der Waals surface area contributed by atoms with Crippen LogP contribution in [0.25, 0.3) is 0 Å². The van der Waals surface area contributed by atoms with Gasteiger partial charge in [0.05, 0.1) is 10.7 Å². The van der Waals surface area contributed by atoms with Crippen molar-refractivity contribution in [1.29, 1.82) is 0 Å². The molecule has 0 saturated heterocycles. The van der Waals surface area contributed by atoms with Crippen LogP contribution in [0.4, 0.5) is 5.69 Å². The summed E-state index contributed by atoms with van der Waals surface area (Å²) in [6.07, 6.45) is 1.17. The van der Waals surface area contributed by atoms with Crippen LogP contribution in [0.5, 0.6) is 0 Å². The predicted octanol–water partition coefficient (Wildman–Crippen LogP) is 3.73. The molecule has 0 heterocycles. The first-order chi connectivity index (χ1) is 6.15. The molecule has 1 nitrogen and oxygen atoms in total. The molecule has 0 spiro atoms. The number of benzene rings is 1. The van der Waals surface area contributed by atoms with E-state index in [0.717, 1.165) is 5.75 Å². The van der Waals surface area contributed by atoms with Crippen LogP contribution in [0.3, 0.4) is 0 Å². The lowest BCUT2D eigenvalue weighted by Gasteiger charge is -2.07. The third-order valence-corrected chi connectivity index (χ3v) is 3.45. The van der Waals surface area contributed by atoms with Gasteiger partial charge in [-0.25, -0.2) is 0 Å². The van der Waals surface area contributed by atoms with Crippen molar-refractivity contribution in [3.05, 3.63) is 22.7 Å². The standard InChI is InChI=1S/C10H14ClNS/c1-3-4-13-10-6-8(11)9(12)5-7(10)2/h5-6H,3-4,12H2,1-2H3. The molecule has 0 saturated carbocycles. The van der Waals surface area contributed by atoms with Gasteiger partial charge in [-0.2, -0.15) is 0 Å². The average molecular weight is 216 g/mol. The van der Waals surface area contributed by atoms with Crippen LogP contribution in [0.15, 0.2) is 17.0 Å². The normalized spacial score (nSPS) is 10.4. The van der Waals surface area contributed by atoms with Gasteiger partial charge in [-0.3, -0.25) is 0 Å². The maximum Gasteiger partial charge on any atom is 0.0646 e. The number of rotatable bonds is 3. The van der Waals surface area contributed by atoms with Crippen molar-refractivity contribution in [3.63, 3.8) is 0 Å². The van der Waals surface area contributed by atoms with Gasteiger partial charge in [0.15, 0.2) is 0 Å². The van der Waals surface area contributed by atoms with E-state index in [4.69, 9.17) is 17.3 Å². The first-order valence-corrected chi connectivity index (χ1v) is 5.70. The summed E-state index contributed by atoms with van der Waals surface area (Å²) in [5, 5.41) is 0.657. The predicted molar refractivity (Wildman–Crippen MR) is 61.6 cm³/mol. The molecular weight excluding hydrogens is 202 g/mol. The number of nitrogen functional groups attached to an aromatic ring is 1. The fourth-order valence-electron chi connectivity index (χ4n) is 1.05. The largest absolute Gasteiger partial charge is 0.398 e. The molecule has 0 fully saturated rings. The van der Waals surface area contributed by atoms with Crippen LogP contribution < -0.4 is 5.73 Å². The summed E-state index contributed by atoms with van der Waals surface area (Å²) in [6, 6.07) is 3.88. The number of nitrogens with two attached hydrogens (primary N) is 1. The summed E-state index contributed by atoms with van der Waals surface area (Å²) in [4.78, 5) is 1.24. The van der Waals surface area contributed by atoms with E-state index in [0.29, 0.717) is 10.7 Å². The van der Waals surface area contributed by atoms with Crippen molar-refractivity contribution in [2.75, 3.05) is 11.5 Å². The highest BCUT2D eigenvalue weighted by Crippen LogP contribution is 2.30. The summed E-state index contributed by atoms with van der Waals surface area (Å²) >= 11 is 7.76. The molecule has 0 amide bonds. The van der Waals surface area contributed by atoms with E-state index in [1.807, 2.05) is 23.9 Å². The molecule has 2 N–H and O–H groups in total. The van der Waals surface area contributed by atoms with E-state index in [-0.39, 0.29) is 0 Å². The zero-order valence-corrected chi connectivity index (χ0v) is 9.50. The molecule has 1 rings (SSSR count). The number of hydrogen-bond donors (Lipinski definition) is 1. The van der Waals surface area contributed by atoms with E-state index < -0.39 is 0 Å². The molecule has 0 aliphatic heterocycles. The second-order valence-corrected chi connectivity index (χ2v) is 4.53. The molecule has 0 bridgehead atoms. The highest BCUT2D eigenvalue weighted by Gasteiger charge is 2.03. The van der Waals surface area contributed by atoms with Crippen LogP contribution in [0.2, 0.25) is 5.02 Å². The Bertz CT molecular complexity index is 299. The lowest BCUT2D eigenvalue weighted by molar-refractivity contribution is 1.10. The first-order valence-electron chi connectivity index (χ1n) is 4.33. The lowest BCUT2D eigenvalue weighted by Crippen LogP contribution is -1.89. The van der Waals surface area contributed by atoms with Crippen LogP contribution in [0, 0.1) is 6.92 Å². The summed E-state index contributed by atoms with van der Waals surface area (Å²) in [5.74, 6) is 1.13. The number of aryl methyl sites for hydroxylation is 1. The van der Waals surface area contributed by atoms with E-state index >= 15 is 0 Å². The van der Waals surface area contributed by atoms with Crippen molar-refractivity contribution in [2.24, 2.45) is 0 Å². The zero-order valence-electron chi connectivity index (χ0n) is 7.93. The maximum absolute atomic E-state index is 5.93. The van der Waals surface area contributed by atoms with Crippen LogP contribution >= 0.6 is 23.4 Å². The Kier molecular flexibility index (Phi) is 3.94. The topological polar surface area (TPSA) is 26.0 Å². The van der Waals surface area contributed by atoms with E-state index in [9.17, 15) is 0 Å². The van der Waals surface area contributed by atoms with Gasteiger partial charge in [-0.15, -0.1) is 11.8 Å². The molecule has 72 valence electrons. The smallest absolute Gasteiger partial charge is 0.0646 e. The van der Waals surface area contributed by atoms with Crippen molar-refractivity contribution < 1.29 is 0 Å². The van der Waals surface area contributed by atoms with Crippen molar-refractivity contribution in [2.45, 2.75) is 25.2 Å². The molecule has 0 unspecified atom stereocenters. The van der Waals surface area contributed by atoms with Gasteiger partial charge in [0.2, 0.25) is 0 Å². The van der Waals surface area contributed by atoms with E-state index in [2.05, 4.69) is 13.8 Å². The highest BCUT2D eigenvalue weighted by atomic mass is 35.5. The summed E-state index contributed by atoms with van der Waals surface area (Å²) in [6.45, 7) is 4.23. The molecule has 0 aliphatic rings. The average Bonchev–Trinajstić information content (AvgIpc) is 2.09. The minimum atomic E-state index is 0.657. The molecule has 0 aromatic heterocycles. The number of hydrogen-bond acceptors (Lipinski definition) is 2. The van der Waals surface area contributed by atoms with Crippen molar-refractivity contribution in [1.82, 2.24) is 0 Å². The van der Waals surface area contributed by atoms with Gasteiger partial charge < -0.3 is 5.73 Å². The molecular formula is C10H14ClNS. The zero-order chi connectivity index (χ0) is 9.84. The Morgan fingerprint density at radius 1 is 1.46 bits per heavy atom.